The van der Waals surface area contributed by atoms with Crippen LogP contribution >= 0.6 is 11.3 Å². The highest BCUT2D eigenvalue weighted by Crippen LogP contribution is 2.05. The van der Waals surface area contributed by atoms with Gasteiger partial charge in [-0.3, -0.25) is 4.79 Å². The monoisotopic (exact) mass is 217 g/mol. The first-order chi connectivity index (χ1) is 7.36. The highest BCUT2D eigenvalue weighted by molar-refractivity contribution is 7.09. The van der Waals surface area contributed by atoms with Crippen molar-refractivity contribution < 1.29 is 4.79 Å². The summed E-state index contributed by atoms with van der Waals surface area (Å²) in [7, 11) is 0. The van der Waals surface area contributed by atoms with Crippen LogP contribution in [0.1, 0.15) is 15.4 Å². The van der Waals surface area contributed by atoms with Gasteiger partial charge in [0.25, 0.3) is 5.91 Å². The molecule has 0 aliphatic rings. The predicted molar refractivity (Wildman–Crippen MR) is 59.4 cm³/mol. The maximum Gasteiger partial charge on any atom is 0.251 e. The molecule has 1 aromatic carbocycles. The van der Waals surface area contributed by atoms with Gasteiger partial charge >= 0.3 is 0 Å². The minimum atomic E-state index is -0.120. The molecule has 2 rings (SSSR count). The molecule has 0 spiro atoms. The molecule has 3 nitrogen and oxygen atoms in total. The second-order valence-electron chi connectivity index (χ2n) is 2.85. The van der Waals surface area contributed by atoms with Gasteiger partial charge < -0.3 is 5.32 Å². The summed E-state index contributed by atoms with van der Waals surface area (Å²) in [5.74, 6) is -0.120. The Bertz CT molecular complexity index is 425. The van der Waals surface area contributed by atoms with Crippen molar-refractivity contribution in [1.82, 2.24) is 10.3 Å². The van der Waals surface area contributed by atoms with Crippen molar-refractivity contribution >= 4 is 17.2 Å². The summed E-state index contributed by atoms with van der Waals surface area (Å²) in [5.41, 5.74) is 0.644. The van der Waals surface area contributed by atoms with Crippen molar-refractivity contribution in [3.8, 4) is 0 Å². The standard InChI is InChI=1S/C11H9N2OS/c14-11(9-4-2-1-3-5-9)13-8-10-12-6-7-15-10/h1-8H,(H,13,14). The van der Waals surface area contributed by atoms with Crippen LogP contribution < -0.4 is 5.32 Å². The van der Waals surface area contributed by atoms with E-state index in [1.54, 1.807) is 24.9 Å². The average molecular weight is 217 g/mol. The fourth-order valence-corrected chi connectivity index (χ4v) is 1.62. The molecule has 1 radical (unpaired) electrons. The number of benzene rings is 1. The largest absolute Gasteiger partial charge is 0.340 e. The molecule has 0 aliphatic carbocycles. The van der Waals surface area contributed by atoms with Crippen LogP contribution in [0.2, 0.25) is 0 Å². The lowest BCUT2D eigenvalue weighted by Crippen LogP contribution is -2.20. The molecule has 2 aromatic rings. The van der Waals surface area contributed by atoms with Gasteiger partial charge in [0, 0.05) is 17.1 Å². The minimum absolute atomic E-state index is 0.120. The molecular formula is C11H9N2OS. The van der Waals surface area contributed by atoms with Gasteiger partial charge in [0.15, 0.2) is 0 Å². The van der Waals surface area contributed by atoms with E-state index >= 15 is 0 Å². The average Bonchev–Trinajstić information content (AvgIpc) is 2.80. The molecule has 0 bridgehead atoms. The summed E-state index contributed by atoms with van der Waals surface area (Å²) in [6.45, 7) is 1.61. The Morgan fingerprint density at radius 1 is 1.33 bits per heavy atom. The summed E-state index contributed by atoms with van der Waals surface area (Å²) < 4.78 is 0. The molecule has 15 heavy (non-hydrogen) atoms. The Balaban J connectivity index is 1.94. The van der Waals surface area contributed by atoms with Gasteiger partial charge in [0.2, 0.25) is 0 Å². The van der Waals surface area contributed by atoms with Crippen LogP contribution in [0.3, 0.4) is 0 Å². The van der Waals surface area contributed by atoms with Gasteiger partial charge in [-0.25, -0.2) is 4.98 Å². The lowest BCUT2D eigenvalue weighted by molar-refractivity contribution is 0.0965. The van der Waals surface area contributed by atoms with E-state index in [1.807, 2.05) is 23.6 Å². The van der Waals surface area contributed by atoms with Crippen LogP contribution in [0.4, 0.5) is 0 Å². The summed E-state index contributed by atoms with van der Waals surface area (Å²) in [4.78, 5) is 15.6. The van der Waals surface area contributed by atoms with Crippen molar-refractivity contribution in [2.45, 2.75) is 0 Å². The Kier molecular flexibility index (Phi) is 3.09. The van der Waals surface area contributed by atoms with Gasteiger partial charge in [-0.05, 0) is 12.1 Å². The zero-order valence-electron chi connectivity index (χ0n) is 7.88. The van der Waals surface area contributed by atoms with Crippen molar-refractivity contribution in [3.63, 3.8) is 0 Å². The van der Waals surface area contributed by atoms with Crippen molar-refractivity contribution in [2.75, 3.05) is 0 Å². The molecule has 0 aliphatic heterocycles. The summed E-state index contributed by atoms with van der Waals surface area (Å²) >= 11 is 1.48. The smallest absolute Gasteiger partial charge is 0.251 e. The van der Waals surface area contributed by atoms with Gasteiger partial charge in [0.05, 0.1) is 0 Å². The summed E-state index contributed by atoms with van der Waals surface area (Å²) in [6, 6.07) is 9.08. The Morgan fingerprint density at radius 2 is 2.13 bits per heavy atom. The zero-order chi connectivity index (χ0) is 10.5. The third kappa shape index (κ3) is 2.63. The lowest BCUT2D eigenvalue weighted by atomic mass is 10.2. The van der Waals surface area contributed by atoms with Gasteiger partial charge in [-0.15, -0.1) is 11.3 Å². The summed E-state index contributed by atoms with van der Waals surface area (Å²) in [6.07, 6.45) is 1.70. The molecular weight excluding hydrogens is 208 g/mol. The lowest BCUT2D eigenvalue weighted by Gasteiger charge is -2.01. The van der Waals surface area contributed by atoms with Crippen LogP contribution in [-0.4, -0.2) is 10.9 Å². The second-order valence-corrected chi connectivity index (χ2v) is 3.78. The fourth-order valence-electron chi connectivity index (χ4n) is 1.11. The number of rotatable bonds is 3. The normalized spacial score (nSPS) is 9.87. The molecule has 0 atom stereocenters. The number of carbonyl (C=O) groups is 1. The van der Waals surface area contributed by atoms with Crippen LogP contribution in [0, 0.1) is 6.54 Å². The molecule has 4 heteroatoms. The number of hydrogen-bond donors (Lipinski definition) is 1. The highest BCUT2D eigenvalue weighted by Gasteiger charge is 2.04. The van der Waals surface area contributed by atoms with Gasteiger partial charge in [0.1, 0.15) is 11.6 Å². The third-order valence-electron chi connectivity index (χ3n) is 1.81. The van der Waals surface area contributed by atoms with E-state index < -0.39 is 0 Å². The number of amides is 1. The number of hydrogen-bond acceptors (Lipinski definition) is 3. The van der Waals surface area contributed by atoms with Crippen LogP contribution in [-0.2, 0) is 0 Å². The van der Waals surface area contributed by atoms with Crippen molar-refractivity contribution in [1.29, 1.82) is 0 Å². The highest BCUT2D eigenvalue weighted by atomic mass is 32.1. The maximum atomic E-state index is 11.6. The van der Waals surface area contributed by atoms with Crippen LogP contribution in [0.15, 0.2) is 41.9 Å². The SMILES string of the molecule is O=C(N[CH]c1nccs1)c1ccccc1. The van der Waals surface area contributed by atoms with Gasteiger partial charge in [-0.2, -0.15) is 0 Å². The number of nitrogens with one attached hydrogen (secondary N) is 1. The summed E-state index contributed by atoms with van der Waals surface area (Å²) in [5, 5.41) is 5.34. The number of aromatic nitrogens is 1. The van der Waals surface area contributed by atoms with E-state index in [4.69, 9.17) is 0 Å². The predicted octanol–water partition coefficient (Wildman–Crippen LogP) is 2.08. The molecule has 0 saturated carbocycles. The van der Waals surface area contributed by atoms with E-state index in [1.165, 1.54) is 11.3 Å². The molecule has 1 N–H and O–H groups in total. The van der Waals surface area contributed by atoms with E-state index in [-0.39, 0.29) is 5.91 Å². The third-order valence-corrected chi connectivity index (χ3v) is 2.54. The fraction of sp³-hybridized carbons (Fsp3) is 0. The Hall–Kier alpha value is -1.68. The molecule has 75 valence electrons. The van der Waals surface area contributed by atoms with Gasteiger partial charge in [-0.1, -0.05) is 18.2 Å². The number of thiazole rings is 1. The van der Waals surface area contributed by atoms with E-state index in [0.29, 0.717) is 5.56 Å². The molecule has 0 fully saturated rings. The van der Waals surface area contributed by atoms with E-state index in [2.05, 4.69) is 10.3 Å². The minimum Gasteiger partial charge on any atom is -0.340 e. The molecule has 1 heterocycles. The topological polar surface area (TPSA) is 42.0 Å². The first-order valence-electron chi connectivity index (χ1n) is 4.45. The Labute approximate surface area is 91.8 Å². The van der Waals surface area contributed by atoms with Crippen molar-refractivity contribution in [3.05, 3.63) is 59.0 Å². The molecule has 1 aromatic heterocycles. The second kappa shape index (κ2) is 4.70. The molecule has 1 amide bonds. The van der Waals surface area contributed by atoms with E-state index in [9.17, 15) is 4.79 Å². The molecule has 0 saturated heterocycles. The van der Waals surface area contributed by atoms with Crippen LogP contribution in [0.25, 0.3) is 0 Å². The number of carbonyl (C=O) groups excluding carboxylic acids is 1. The first-order valence-corrected chi connectivity index (χ1v) is 5.33. The molecule has 0 unspecified atom stereocenters. The van der Waals surface area contributed by atoms with Crippen molar-refractivity contribution in [2.24, 2.45) is 0 Å². The Morgan fingerprint density at radius 3 is 2.80 bits per heavy atom. The zero-order valence-corrected chi connectivity index (χ0v) is 8.70. The number of nitrogens with zero attached hydrogens (tertiary/aromatic N) is 1. The quantitative estimate of drug-likeness (QED) is 0.855. The van der Waals surface area contributed by atoms with E-state index in [0.717, 1.165) is 5.01 Å². The maximum absolute atomic E-state index is 11.6. The first kappa shape index (κ1) is 9.86. The van der Waals surface area contributed by atoms with Crippen LogP contribution in [0.5, 0.6) is 0 Å².